The van der Waals surface area contributed by atoms with E-state index in [1.54, 1.807) is 4.90 Å². The molecule has 0 bridgehead atoms. The van der Waals surface area contributed by atoms with Gasteiger partial charge in [-0.1, -0.05) is 35.9 Å². The molecule has 0 unspecified atom stereocenters. The summed E-state index contributed by atoms with van der Waals surface area (Å²) in [5.74, 6) is -1.23. The number of nitrogens with one attached hydrogen (secondary N) is 1. The van der Waals surface area contributed by atoms with Crippen molar-refractivity contribution in [2.45, 2.75) is 6.42 Å². The Labute approximate surface area is 144 Å². The summed E-state index contributed by atoms with van der Waals surface area (Å²) in [4.78, 5) is 26.0. The van der Waals surface area contributed by atoms with E-state index in [9.17, 15) is 14.0 Å². The lowest BCUT2D eigenvalue weighted by molar-refractivity contribution is -0.117. The molecule has 24 heavy (non-hydrogen) atoms. The maximum Gasteiger partial charge on any atom is 0.255 e. The molecule has 1 N–H and O–H groups in total. The molecule has 0 spiro atoms. The van der Waals surface area contributed by atoms with Gasteiger partial charge in [0.25, 0.3) is 5.91 Å². The Morgan fingerprint density at radius 1 is 1.21 bits per heavy atom. The predicted molar refractivity (Wildman–Crippen MR) is 90.6 cm³/mol. The molecule has 6 heteroatoms. The molecule has 2 aromatic rings. The minimum Gasteiger partial charge on any atom is -0.352 e. The highest BCUT2D eigenvalue weighted by molar-refractivity contribution is 6.33. The second-order valence-electron chi connectivity index (χ2n) is 5.72. The van der Waals surface area contributed by atoms with E-state index in [2.05, 4.69) is 5.32 Å². The van der Waals surface area contributed by atoms with E-state index in [1.807, 2.05) is 30.3 Å². The Hall–Kier alpha value is -2.40. The number of hydrogen-bond acceptors (Lipinski definition) is 2. The zero-order chi connectivity index (χ0) is 17.1. The fourth-order valence-corrected chi connectivity index (χ4v) is 3.06. The van der Waals surface area contributed by atoms with Crippen LogP contribution in [-0.4, -0.2) is 24.9 Å². The number of anilines is 1. The quantitative estimate of drug-likeness (QED) is 0.923. The van der Waals surface area contributed by atoms with Gasteiger partial charge in [-0.05, 0) is 24.3 Å². The van der Waals surface area contributed by atoms with Crippen molar-refractivity contribution in [1.82, 2.24) is 5.32 Å². The molecule has 1 aliphatic heterocycles. The highest BCUT2D eigenvalue weighted by Crippen LogP contribution is 2.24. The van der Waals surface area contributed by atoms with Gasteiger partial charge >= 0.3 is 0 Å². The summed E-state index contributed by atoms with van der Waals surface area (Å²) in [6, 6.07) is 13.5. The van der Waals surface area contributed by atoms with Gasteiger partial charge in [0.1, 0.15) is 5.82 Å². The van der Waals surface area contributed by atoms with E-state index in [0.717, 1.165) is 5.69 Å². The minimum atomic E-state index is -0.659. The van der Waals surface area contributed by atoms with Gasteiger partial charge < -0.3 is 10.2 Å². The number of rotatable bonds is 4. The summed E-state index contributed by atoms with van der Waals surface area (Å²) in [7, 11) is 0. The van der Waals surface area contributed by atoms with E-state index in [0.29, 0.717) is 19.5 Å². The number of carbonyl (C=O) groups excluding carboxylic acids is 2. The molecule has 4 nitrogen and oxygen atoms in total. The smallest absolute Gasteiger partial charge is 0.255 e. The molecular weight excluding hydrogens is 331 g/mol. The maximum atomic E-state index is 13.7. The van der Waals surface area contributed by atoms with Gasteiger partial charge in [0.15, 0.2) is 0 Å². The number of para-hydroxylation sites is 1. The summed E-state index contributed by atoms with van der Waals surface area (Å²) in [5, 5.41) is 2.74. The summed E-state index contributed by atoms with van der Waals surface area (Å²) in [5.41, 5.74) is 0.678. The zero-order valence-corrected chi connectivity index (χ0v) is 13.6. The molecular formula is C18H16ClFN2O2. The highest BCUT2D eigenvalue weighted by atomic mass is 35.5. The first-order chi connectivity index (χ1) is 11.6. The molecule has 1 saturated heterocycles. The van der Waals surface area contributed by atoms with E-state index >= 15 is 0 Å². The first-order valence-corrected chi connectivity index (χ1v) is 8.01. The van der Waals surface area contributed by atoms with Crippen molar-refractivity contribution in [1.29, 1.82) is 0 Å². The van der Waals surface area contributed by atoms with Crippen molar-refractivity contribution in [3.8, 4) is 0 Å². The van der Waals surface area contributed by atoms with Crippen LogP contribution in [0, 0.1) is 11.7 Å². The van der Waals surface area contributed by atoms with E-state index in [-0.39, 0.29) is 22.4 Å². The second-order valence-corrected chi connectivity index (χ2v) is 6.12. The van der Waals surface area contributed by atoms with E-state index < -0.39 is 11.7 Å². The lowest BCUT2D eigenvalue weighted by Gasteiger charge is -2.17. The average Bonchev–Trinajstić information content (AvgIpc) is 2.94. The Morgan fingerprint density at radius 3 is 2.67 bits per heavy atom. The fraction of sp³-hybridized carbons (Fsp3) is 0.222. The Kier molecular flexibility index (Phi) is 4.81. The van der Waals surface area contributed by atoms with Crippen molar-refractivity contribution in [3.63, 3.8) is 0 Å². The maximum absolute atomic E-state index is 13.7. The van der Waals surface area contributed by atoms with Gasteiger partial charge in [-0.15, -0.1) is 0 Å². The van der Waals surface area contributed by atoms with Crippen LogP contribution < -0.4 is 10.2 Å². The van der Waals surface area contributed by atoms with E-state index in [4.69, 9.17) is 11.6 Å². The first kappa shape index (κ1) is 16.5. The minimum absolute atomic E-state index is 0.0179. The number of benzene rings is 2. The van der Waals surface area contributed by atoms with Crippen molar-refractivity contribution in [2.75, 3.05) is 18.0 Å². The third-order valence-electron chi connectivity index (χ3n) is 4.01. The molecule has 124 valence electrons. The van der Waals surface area contributed by atoms with Crippen LogP contribution in [0.5, 0.6) is 0 Å². The largest absolute Gasteiger partial charge is 0.352 e. The normalized spacial score (nSPS) is 17.2. The molecule has 1 fully saturated rings. The molecule has 0 aliphatic carbocycles. The second kappa shape index (κ2) is 7.01. The predicted octanol–water partition coefficient (Wildman–Crippen LogP) is 3.26. The molecule has 0 aromatic heterocycles. The van der Waals surface area contributed by atoms with Crippen LogP contribution >= 0.6 is 11.6 Å². The number of nitrogens with zero attached hydrogens (tertiary/aromatic N) is 1. The molecule has 1 heterocycles. The Bertz CT molecular complexity index is 747. The molecule has 2 aromatic carbocycles. The summed E-state index contributed by atoms with van der Waals surface area (Å²) >= 11 is 5.88. The van der Waals surface area contributed by atoms with Crippen LogP contribution in [0.4, 0.5) is 10.1 Å². The van der Waals surface area contributed by atoms with Crippen molar-refractivity contribution >= 4 is 29.1 Å². The van der Waals surface area contributed by atoms with Crippen molar-refractivity contribution in [3.05, 3.63) is 64.9 Å². The summed E-state index contributed by atoms with van der Waals surface area (Å²) in [6.45, 7) is 0.812. The number of amides is 2. The van der Waals surface area contributed by atoms with Gasteiger partial charge in [-0.2, -0.15) is 0 Å². The Morgan fingerprint density at radius 2 is 1.96 bits per heavy atom. The number of hydrogen-bond donors (Lipinski definition) is 1. The van der Waals surface area contributed by atoms with Crippen LogP contribution in [0.15, 0.2) is 48.5 Å². The van der Waals surface area contributed by atoms with Gasteiger partial charge in [0, 0.05) is 31.1 Å². The molecule has 1 aliphatic rings. The van der Waals surface area contributed by atoms with Crippen LogP contribution in [0.25, 0.3) is 0 Å². The van der Waals surface area contributed by atoms with Gasteiger partial charge in [-0.25, -0.2) is 4.39 Å². The third kappa shape index (κ3) is 3.41. The number of carbonyl (C=O) groups is 2. The van der Waals surface area contributed by atoms with Crippen LogP contribution in [0.1, 0.15) is 16.8 Å². The van der Waals surface area contributed by atoms with Crippen molar-refractivity contribution in [2.24, 2.45) is 5.92 Å². The molecule has 1 atom stereocenters. The molecule has 2 amide bonds. The van der Waals surface area contributed by atoms with E-state index in [1.165, 1.54) is 18.2 Å². The van der Waals surface area contributed by atoms with Gasteiger partial charge in [0.2, 0.25) is 5.91 Å². The summed E-state index contributed by atoms with van der Waals surface area (Å²) < 4.78 is 13.7. The standard InChI is InChI=1S/C18H16ClFN2O2/c19-14-7-4-8-15(20)17(14)18(24)21-10-12-9-16(23)22(11-12)13-5-2-1-3-6-13/h1-8,12H,9-11H2,(H,21,24)/t12-/m1/s1. The lowest BCUT2D eigenvalue weighted by atomic mass is 10.1. The molecule has 3 rings (SSSR count). The average molecular weight is 347 g/mol. The van der Waals surface area contributed by atoms with Gasteiger partial charge in [0.05, 0.1) is 10.6 Å². The topological polar surface area (TPSA) is 49.4 Å². The third-order valence-corrected chi connectivity index (χ3v) is 4.33. The molecule has 0 saturated carbocycles. The van der Waals surface area contributed by atoms with Crippen molar-refractivity contribution < 1.29 is 14.0 Å². The first-order valence-electron chi connectivity index (χ1n) is 7.64. The van der Waals surface area contributed by atoms with Crippen LogP contribution in [0.2, 0.25) is 5.02 Å². The highest BCUT2D eigenvalue weighted by Gasteiger charge is 2.31. The van der Waals surface area contributed by atoms with Crippen LogP contribution in [0.3, 0.4) is 0 Å². The molecule has 0 radical (unpaired) electrons. The Balaban J connectivity index is 1.62. The fourth-order valence-electron chi connectivity index (χ4n) is 2.82. The number of halogens is 2. The summed E-state index contributed by atoms with van der Waals surface area (Å²) in [6.07, 6.45) is 0.347. The SMILES string of the molecule is O=C(NC[C@H]1CC(=O)N(c2ccccc2)C1)c1c(F)cccc1Cl. The monoisotopic (exact) mass is 346 g/mol. The van der Waals surface area contributed by atoms with Crippen LogP contribution in [-0.2, 0) is 4.79 Å². The zero-order valence-electron chi connectivity index (χ0n) is 12.8. The lowest BCUT2D eigenvalue weighted by Crippen LogP contribution is -2.31. The van der Waals surface area contributed by atoms with Gasteiger partial charge in [-0.3, -0.25) is 9.59 Å².